The van der Waals surface area contributed by atoms with E-state index in [-0.39, 0.29) is 29.6 Å². The summed E-state index contributed by atoms with van der Waals surface area (Å²) in [5.74, 6) is 1.30. The summed E-state index contributed by atoms with van der Waals surface area (Å²) in [6, 6.07) is 13.6. The summed E-state index contributed by atoms with van der Waals surface area (Å²) in [6.07, 6.45) is 5.32. The van der Waals surface area contributed by atoms with Crippen molar-refractivity contribution < 1.29 is 22.7 Å². The van der Waals surface area contributed by atoms with Gasteiger partial charge in [-0.25, -0.2) is 18.4 Å². The lowest BCUT2D eigenvalue weighted by Gasteiger charge is -2.14. The van der Waals surface area contributed by atoms with Gasteiger partial charge in [-0.3, -0.25) is 23.8 Å². The number of rotatable bonds is 7. The molecule has 5 rings (SSSR count). The van der Waals surface area contributed by atoms with Gasteiger partial charge in [0.1, 0.15) is 23.7 Å². The number of aromatic nitrogens is 4. The van der Waals surface area contributed by atoms with E-state index in [4.69, 9.17) is 4.74 Å². The summed E-state index contributed by atoms with van der Waals surface area (Å²) in [5.41, 5.74) is 0.674. The smallest absolute Gasteiger partial charge is 0.261 e. The summed E-state index contributed by atoms with van der Waals surface area (Å²) >= 11 is 0. The SMILES string of the molecule is Cc1nc(Oc2ccc(NS(=O)(=O)c3ccc(N4C(=O)CCC4=O)cc3)cc2)cc(-n2ccnc2)n1. The van der Waals surface area contributed by atoms with E-state index in [0.29, 0.717) is 34.6 Å². The highest BCUT2D eigenvalue weighted by molar-refractivity contribution is 7.92. The average molecular weight is 505 g/mol. The number of hydrogen-bond donors (Lipinski definition) is 1. The quantitative estimate of drug-likeness (QED) is 0.379. The normalized spacial score (nSPS) is 13.8. The van der Waals surface area contributed by atoms with E-state index >= 15 is 0 Å². The topological polar surface area (TPSA) is 136 Å². The van der Waals surface area contributed by atoms with E-state index in [9.17, 15) is 18.0 Å². The zero-order chi connectivity index (χ0) is 25.3. The van der Waals surface area contributed by atoms with Crippen LogP contribution in [0.2, 0.25) is 0 Å². The minimum Gasteiger partial charge on any atom is -0.439 e. The van der Waals surface area contributed by atoms with Gasteiger partial charge in [-0.15, -0.1) is 0 Å². The summed E-state index contributed by atoms with van der Waals surface area (Å²) in [5, 5.41) is 0. The minimum absolute atomic E-state index is 0.00540. The maximum absolute atomic E-state index is 12.8. The Bertz CT molecular complexity index is 1520. The van der Waals surface area contributed by atoms with Gasteiger partial charge in [-0.2, -0.15) is 4.98 Å². The molecule has 0 radical (unpaired) electrons. The van der Waals surface area contributed by atoms with Crippen LogP contribution in [0.3, 0.4) is 0 Å². The second kappa shape index (κ2) is 9.23. The first kappa shape index (κ1) is 23.2. The molecule has 1 aliphatic heterocycles. The van der Waals surface area contributed by atoms with Crippen molar-refractivity contribution in [3.8, 4) is 17.4 Å². The van der Waals surface area contributed by atoms with Crippen LogP contribution in [0.5, 0.6) is 11.6 Å². The number of sulfonamides is 1. The van der Waals surface area contributed by atoms with Crippen LogP contribution in [-0.2, 0) is 19.6 Å². The zero-order valence-corrected chi connectivity index (χ0v) is 19.8. The Morgan fingerprint density at radius 1 is 0.944 bits per heavy atom. The largest absolute Gasteiger partial charge is 0.439 e. The Labute approximate surface area is 206 Å². The summed E-state index contributed by atoms with van der Waals surface area (Å²) < 4.78 is 35.7. The fourth-order valence-corrected chi connectivity index (χ4v) is 4.73. The number of ether oxygens (including phenoxy) is 1. The Morgan fingerprint density at radius 3 is 2.28 bits per heavy atom. The molecule has 1 fully saturated rings. The van der Waals surface area contributed by atoms with Gasteiger partial charge in [0.25, 0.3) is 10.0 Å². The maximum atomic E-state index is 12.8. The molecule has 2 aromatic heterocycles. The molecule has 11 nitrogen and oxygen atoms in total. The van der Waals surface area contributed by atoms with Gasteiger partial charge in [0.15, 0.2) is 0 Å². The zero-order valence-electron chi connectivity index (χ0n) is 19.0. The number of imide groups is 1. The van der Waals surface area contributed by atoms with Crippen LogP contribution >= 0.6 is 0 Å². The van der Waals surface area contributed by atoms with Gasteiger partial charge in [0.2, 0.25) is 17.7 Å². The Kier molecular flexibility index (Phi) is 5.94. The van der Waals surface area contributed by atoms with Crippen molar-refractivity contribution in [2.24, 2.45) is 0 Å². The van der Waals surface area contributed by atoms with Crippen LogP contribution in [0.25, 0.3) is 5.82 Å². The number of nitrogens with one attached hydrogen (secondary N) is 1. The number of aryl methyl sites for hydroxylation is 1. The highest BCUT2D eigenvalue weighted by atomic mass is 32.2. The number of nitrogens with zero attached hydrogens (tertiary/aromatic N) is 5. The van der Waals surface area contributed by atoms with Crippen molar-refractivity contribution in [1.82, 2.24) is 19.5 Å². The molecule has 2 aromatic carbocycles. The first-order valence-corrected chi connectivity index (χ1v) is 12.4. The standard InChI is InChI=1S/C24H20N6O5S/c1-16-26-21(29-13-12-25-15-29)14-22(27-16)35-19-6-2-17(3-7-19)28-36(33,34)20-8-4-18(5-9-20)30-23(31)10-11-24(30)32/h2-9,12-15,28H,10-11H2,1H3. The lowest BCUT2D eigenvalue weighted by molar-refractivity contribution is -0.121. The lowest BCUT2D eigenvalue weighted by Crippen LogP contribution is -2.28. The average Bonchev–Trinajstić information content (AvgIpc) is 3.50. The molecule has 1 aliphatic rings. The van der Waals surface area contributed by atoms with Crippen molar-refractivity contribution in [3.63, 3.8) is 0 Å². The summed E-state index contributed by atoms with van der Waals surface area (Å²) in [7, 11) is -3.90. The number of imidazole rings is 1. The molecular weight excluding hydrogens is 484 g/mol. The number of carbonyl (C=O) groups is 2. The van der Waals surface area contributed by atoms with Crippen LogP contribution in [0.15, 0.2) is 78.2 Å². The molecule has 0 aliphatic carbocycles. The Balaban J connectivity index is 1.28. The Morgan fingerprint density at radius 2 is 1.64 bits per heavy atom. The van der Waals surface area contributed by atoms with Gasteiger partial charge in [0.05, 0.1) is 10.6 Å². The van der Waals surface area contributed by atoms with Crippen molar-refractivity contribution in [2.45, 2.75) is 24.7 Å². The molecule has 3 heterocycles. The maximum Gasteiger partial charge on any atom is 0.261 e. The predicted octanol–water partition coefficient (Wildman–Crippen LogP) is 3.22. The van der Waals surface area contributed by atoms with Crippen molar-refractivity contribution in [1.29, 1.82) is 0 Å². The number of hydrogen-bond acceptors (Lipinski definition) is 8. The molecule has 12 heteroatoms. The molecule has 0 bridgehead atoms. The van der Waals surface area contributed by atoms with Crippen molar-refractivity contribution in [2.75, 3.05) is 9.62 Å². The van der Waals surface area contributed by atoms with Crippen LogP contribution in [0, 0.1) is 6.92 Å². The summed E-state index contributed by atoms with van der Waals surface area (Å²) in [6.45, 7) is 1.75. The molecular formula is C24H20N6O5S. The highest BCUT2D eigenvalue weighted by Crippen LogP contribution is 2.26. The van der Waals surface area contributed by atoms with E-state index < -0.39 is 10.0 Å². The number of amides is 2. The van der Waals surface area contributed by atoms with Gasteiger partial charge in [-0.1, -0.05) is 0 Å². The van der Waals surface area contributed by atoms with Gasteiger partial charge >= 0.3 is 0 Å². The summed E-state index contributed by atoms with van der Waals surface area (Å²) in [4.78, 5) is 37.5. The molecule has 36 heavy (non-hydrogen) atoms. The van der Waals surface area contributed by atoms with Crippen molar-refractivity contribution >= 4 is 33.2 Å². The first-order chi connectivity index (χ1) is 17.3. The van der Waals surface area contributed by atoms with Gasteiger partial charge in [0, 0.05) is 37.0 Å². The molecule has 182 valence electrons. The molecule has 4 aromatic rings. The predicted molar refractivity (Wildman–Crippen MR) is 129 cm³/mol. The molecule has 0 atom stereocenters. The van der Waals surface area contributed by atoms with Crippen LogP contribution in [0.4, 0.5) is 11.4 Å². The minimum atomic E-state index is -3.90. The van der Waals surface area contributed by atoms with E-state index in [0.717, 1.165) is 4.90 Å². The van der Waals surface area contributed by atoms with Crippen LogP contribution < -0.4 is 14.4 Å². The van der Waals surface area contributed by atoms with E-state index in [1.165, 1.54) is 24.3 Å². The first-order valence-electron chi connectivity index (χ1n) is 10.9. The van der Waals surface area contributed by atoms with E-state index in [2.05, 4.69) is 19.7 Å². The van der Waals surface area contributed by atoms with Gasteiger partial charge in [-0.05, 0) is 55.5 Å². The number of benzene rings is 2. The van der Waals surface area contributed by atoms with E-state index in [1.807, 2.05) is 0 Å². The number of anilines is 2. The lowest BCUT2D eigenvalue weighted by atomic mass is 10.3. The highest BCUT2D eigenvalue weighted by Gasteiger charge is 2.30. The molecule has 0 unspecified atom stereocenters. The fraction of sp³-hybridized carbons (Fsp3) is 0.125. The monoisotopic (exact) mass is 504 g/mol. The molecule has 1 N–H and O–H groups in total. The third kappa shape index (κ3) is 4.79. The third-order valence-electron chi connectivity index (χ3n) is 5.36. The fourth-order valence-electron chi connectivity index (χ4n) is 3.67. The van der Waals surface area contributed by atoms with Gasteiger partial charge < -0.3 is 4.74 Å². The molecule has 0 spiro atoms. The second-order valence-electron chi connectivity index (χ2n) is 7.93. The van der Waals surface area contributed by atoms with E-state index in [1.54, 1.807) is 60.5 Å². The Hall–Kier alpha value is -4.58. The molecule has 1 saturated heterocycles. The molecule has 0 saturated carbocycles. The van der Waals surface area contributed by atoms with Crippen LogP contribution in [-0.4, -0.2) is 39.8 Å². The number of carbonyl (C=O) groups excluding carboxylic acids is 2. The molecule has 2 amide bonds. The van der Waals surface area contributed by atoms with Crippen molar-refractivity contribution in [3.05, 3.63) is 79.1 Å². The third-order valence-corrected chi connectivity index (χ3v) is 6.75. The van der Waals surface area contributed by atoms with Crippen LogP contribution in [0.1, 0.15) is 18.7 Å². The second-order valence-corrected chi connectivity index (χ2v) is 9.61.